The molecule has 27 heavy (non-hydrogen) atoms. The topological polar surface area (TPSA) is 106 Å². The van der Waals surface area contributed by atoms with Crippen LogP contribution in [-0.2, 0) is 10.0 Å². The molecular formula is C17H17N3O5S2. The molecule has 1 amide bonds. The zero-order valence-corrected chi connectivity index (χ0v) is 15.8. The molecule has 0 spiro atoms. The number of furan rings is 1. The lowest BCUT2D eigenvalue weighted by atomic mass is 10.1. The summed E-state index contributed by atoms with van der Waals surface area (Å²) in [5, 5.41) is 5.55. The molecule has 0 aliphatic carbocycles. The number of rotatable bonds is 5. The first kappa shape index (κ1) is 18.0. The van der Waals surface area contributed by atoms with Crippen LogP contribution in [0.25, 0.3) is 11.5 Å². The van der Waals surface area contributed by atoms with E-state index in [2.05, 4.69) is 9.88 Å². The molecule has 8 nitrogen and oxygen atoms in total. The molecule has 10 heteroatoms. The van der Waals surface area contributed by atoms with Crippen molar-refractivity contribution in [1.29, 1.82) is 0 Å². The molecule has 142 valence electrons. The van der Waals surface area contributed by atoms with Crippen molar-refractivity contribution in [2.75, 3.05) is 13.1 Å². The number of sulfonamides is 1. The number of likely N-dealkylation sites (tertiary alicyclic amines) is 1. The summed E-state index contributed by atoms with van der Waals surface area (Å²) in [6.07, 6.45) is 2.60. The van der Waals surface area contributed by atoms with Gasteiger partial charge in [0.15, 0.2) is 11.5 Å². The fourth-order valence-electron chi connectivity index (χ4n) is 2.97. The van der Waals surface area contributed by atoms with Gasteiger partial charge in [0, 0.05) is 25.2 Å². The van der Waals surface area contributed by atoms with Crippen LogP contribution in [0.2, 0.25) is 0 Å². The van der Waals surface area contributed by atoms with E-state index in [1.54, 1.807) is 40.6 Å². The Morgan fingerprint density at radius 2 is 2.04 bits per heavy atom. The first-order chi connectivity index (χ1) is 13.0. The molecule has 3 aromatic rings. The zero-order chi connectivity index (χ0) is 18.9. The predicted molar refractivity (Wildman–Crippen MR) is 97.8 cm³/mol. The molecule has 3 aromatic heterocycles. The molecule has 0 unspecified atom stereocenters. The highest BCUT2D eigenvalue weighted by atomic mass is 32.2. The number of piperidine rings is 1. The molecule has 0 radical (unpaired) electrons. The Kier molecular flexibility index (Phi) is 4.85. The second-order valence-electron chi connectivity index (χ2n) is 6.17. The number of hydrogen-bond acceptors (Lipinski definition) is 7. The largest absolute Gasteiger partial charge is 0.461 e. The van der Waals surface area contributed by atoms with Crippen LogP contribution >= 0.6 is 11.3 Å². The van der Waals surface area contributed by atoms with E-state index < -0.39 is 10.0 Å². The molecule has 0 atom stereocenters. The summed E-state index contributed by atoms with van der Waals surface area (Å²) in [5.74, 6) is 0.654. The first-order valence-electron chi connectivity index (χ1n) is 8.38. The fraction of sp³-hybridized carbons (Fsp3) is 0.294. The maximum Gasteiger partial charge on any atom is 0.276 e. The number of nitrogens with zero attached hydrogens (tertiary/aromatic N) is 2. The quantitative estimate of drug-likeness (QED) is 0.697. The molecule has 1 fully saturated rings. The smallest absolute Gasteiger partial charge is 0.276 e. The molecule has 4 heterocycles. The van der Waals surface area contributed by atoms with E-state index in [-0.39, 0.29) is 17.6 Å². The zero-order valence-electron chi connectivity index (χ0n) is 14.2. The highest BCUT2D eigenvalue weighted by Gasteiger charge is 2.29. The van der Waals surface area contributed by atoms with E-state index >= 15 is 0 Å². The summed E-state index contributed by atoms with van der Waals surface area (Å²) < 4.78 is 38.0. The van der Waals surface area contributed by atoms with Crippen LogP contribution in [0.3, 0.4) is 0 Å². The summed E-state index contributed by atoms with van der Waals surface area (Å²) >= 11 is 1.18. The second kappa shape index (κ2) is 7.29. The lowest BCUT2D eigenvalue weighted by molar-refractivity contribution is 0.0701. The third kappa shape index (κ3) is 3.82. The van der Waals surface area contributed by atoms with E-state index in [4.69, 9.17) is 8.94 Å². The van der Waals surface area contributed by atoms with Crippen LogP contribution in [0.5, 0.6) is 0 Å². The lowest BCUT2D eigenvalue weighted by Gasteiger charge is -2.31. The van der Waals surface area contributed by atoms with Crippen LogP contribution in [0, 0.1) is 0 Å². The maximum atomic E-state index is 12.6. The van der Waals surface area contributed by atoms with Gasteiger partial charge in [-0.1, -0.05) is 11.2 Å². The van der Waals surface area contributed by atoms with Crippen molar-refractivity contribution in [2.24, 2.45) is 0 Å². The molecule has 0 saturated carbocycles. The van der Waals surface area contributed by atoms with Crippen molar-refractivity contribution in [1.82, 2.24) is 14.8 Å². The van der Waals surface area contributed by atoms with Crippen LogP contribution < -0.4 is 4.72 Å². The normalized spacial score (nSPS) is 15.9. The van der Waals surface area contributed by atoms with Crippen LogP contribution in [-0.4, -0.2) is 43.5 Å². The molecule has 4 rings (SSSR count). The Morgan fingerprint density at radius 1 is 1.22 bits per heavy atom. The van der Waals surface area contributed by atoms with Gasteiger partial charge in [0.05, 0.1) is 6.26 Å². The van der Waals surface area contributed by atoms with Crippen molar-refractivity contribution in [3.05, 3.63) is 47.7 Å². The summed E-state index contributed by atoms with van der Waals surface area (Å²) in [5.41, 5.74) is 0.207. The number of amides is 1. The van der Waals surface area contributed by atoms with Gasteiger partial charge in [0.2, 0.25) is 15.8 Å². The number of hydrogen-bond donors (Lipinski definition) is 1. The standard InChI is InChI=1S/C17H17N3O5S2/c21-17(13-11-15(25-18-13)14-3-1-9-24-14)20-7-5-12(6-8-20)19-27(22,23)16-4-2-10-26-16/h1-4,9-12,19H,5-8H2. The molecule has 1 aliphatic heterocycles. The molecule has 0 aromatic carbocycles. The lowest BCUT2D eigenvalue weighted by Crippen LogP contribution is -2.46. The van der Waals surface area contributed by atoms with Gasteiger partial charge >= 0.3 is 0 Å². The minimum absolute atomic E-state index is 0.197. The Hall–Kier alpha value is -2.43. The van der Waals surface area contributed by atoms with E-state index in [9.17, 15) is 13.2 Å². The maximum absolute atomic E-state index is 12.6. The average Bonchev–Trinajstić information content (AvgIpc) is 3.43. The van der Waals surface area contributed by atoms with Crippen molar-refractivity contribution in [2.45, 2.75) is 23.1 Å². The molecule has 1 aliphatic rings. The number of carbonyl (C=O) groups is 1. The van der Waals surface area contributed by atoms with Gasteiger partial charge in [0.1, 0.15) is 4.21 Å². The summed E-state index contributed by atoms with van der Waals surface area (Å²) in [6.45, 7) is 0.888. The average molecular weight is 407 g/mol. The highest BCUT2D eigenvalue weighted by Crippen LogP contribution is 2.23. The number of thiophene rings is 1. The minimum atomic E-state index is -3.50. The van der Waals surface area contributed by atoms with E-state index in [0.29, 0.717) is 41.7 Å². The van der Waals surface area contributed by atoms with E-state index in [0.717, 1.165) is 0 Å². The summed E-state index contributed by atoms with van der Waals surface area (Å²) in [4.78, 5) is 14.2. The van der Waals surface area contributed by atoms with Gasteiger partial charge in [-0.2, -0.15) is 0 Å². The number of aromatic nitrogens is 1. The SMILES string of the molecule is O=C(c1cc(-c2ccco2)on1)N1CCC(NS(=O)(=O)c2cccs2)CC1. The minimum Gasteiger partial charge on any atom is -0.461 e. The van der Waals surface area contributed by atoms with E-state index in [1.165, 1.54) is 17.6 Å². The van der Waals surface area contributed by atoms with Gasteiger partial charge in [-0.15, -0.1) is 11.3 Å². The summed E-state index contributed by atoms with van der Waals surface area (Å²) in [6, 6.07) is 8.08. The van der Waals surface area contributed by atoms with Gasteiger partial charge in [0.25, 0.3) is 5.91 Å². The number of nitrogens with one attached hydrogen (secondary N) is 1. The molecule has 1 saturated heterocycles. The Bertz CT molecular complexity index is 1000. The Labute approximate surface area is 159 Å². The third-order valence-electron chi connectivity index (χ3n) is 4.36. The monoisotopic (exact) mass is 407 g/mol. The van der Waals surface area contributed by atoms with E-state index in [1.807, 2.05) is 0 Å². The molecule has 0 bridgehead atoms. The first-order valence-corrected chi connectivity index (χ1v) is 10.7. The fourth-order valence-corrected chi connectivity index (χ4v) is 5.28. The summed E-state index contributed by atoms with van der Waals surface area (Å²) in [7, 11) is -3.50. The van der Waals surface area contributed by atoms with Crippen molar-refractivity contribution in [3.8, 4) is 11.5 Å². The molecule has 1 N–H and O–H groups in total. The Morgan fingerprint density at radius 3 is 2.70 bits per heavy atom. The van der Waals surface area contributed by atoms with Gasteiger partial charge in [-0.05, 0) is 36.4 Å². The van der Waals surface area contributed by atoms with Gasteiger partial charge < -0.3 is 13.8 Å². The van der Waals surface area contributed by atoms with Gasteiger partial charge in [-0.3, -0.25) is 4.79 Å². The highest BCUT2D eigenvalue weighted by molar-refractivity contribution is 7.91. The number of carbonyl (C=O) groups excluding carboxylic acids is 1. The van der Waals surface area contributed by atoms with Gasteiger partial charge in [-0.25, -0.2) is 13.1 Å². The van der Waals surface area contributed by atoms with Crippen molar-refractivity contribution < 1.29 is 22.2 Å². The predicted octanol–water partition coefficient (Wildman–Crippen LogP) is 2.58. The van der Waals surface area contributed by atoms with Crippen LogP contribution in [0.4, 0.5) is 0 Å². The van der Waals surface area contributed by atoms with Crippen molar-refractivity contribution in [3.63, 3.8) is 0 Å². The van der Waals surface area contributed by atoms with Crippen molar-refractivity contribution >= 4 is 27.3 Å². The Balaban J connectivity index is 1.36. The van der Waals surface area contributed by atoms with Crippen LogP contribution in [0.1, 0.15) is 23.3 Å². The second-order valence-corrected chi connectivity index (χ2v) is 9.06. The third-order valence-corrected chi connectivity index (χ3v) is 7.28. The van der Waals surface area contributed by atoms with Crippen LogP contribution in [0.15, 0.2) is 55.1 Å². The molecular weight excluding hydrogens is 390 g/mol.